The number of hydrogen-bond acceptors (Lipinski definition) is 6. The number of nitriles is 1. The van der Waals surface area contributed by atoms with Crippen LogP contribution in [0.2, 0.25) is 0 Å². The molecular weight excluding hydrogens is 308 g/mol. The molecule has 3 rings (SSSR count). The number of ether oxygens (including phenoxy) is 2. The molecule has 1 saturated heterocycles. The summed E-state index contributed by atoms with van der Waals surface area (Å²) in [6.07, 6.45) is 2.65. The quantitative estimate of drug-likeness (QED) is 0.861. The molecule has 24 heavy (non-hydrogen) atoms. The van der Waals surface area contributed by atoms with Crippen LogP contribution in [-0.4, -0.2) is 51.9 Å². The van der Waals surface area contributed by atoms with E-state index in [9.17, 15) is 5.11 Å². The van der Waals surface area contributed by atoms with Crippen molar-refractivity contribution >= 4 is 0 Å². The highest BCUT2D eigenvalue weighted by Gasteiger charge is 2.17. The summed E-state index contributed by atoms with van der Waals surface area (Å²) in [5, 5.41) is 23.4. The predicted molar refractivity (Wildman–Crippen MR) is 86.0 cm³/mol. The lowest BCUT2D eigenvalue weighted by atomic mass is 10.1. The van der Waals surface area contributed by atoms with E-state index in [4.69, 9.17) is 14.7 Å². The Labute approximate surface area is 140 Å². The second-order valence-corrected chi connectivity index (χ2v) is 5.76. The molecule has 1 aromatic carbocycles. The van der Waals surface area contributed by atoms with Gasteiger partial charge in [0.05, 0.1) is 37.0 Å². The molecular formula is C17H20N4O3. The minimum Gasteiger partial charge on any atom is -0.389 e. The van der Waals surface area contributed by atoms with E-state index in [1.54, 1.807) is 22.9 Å². The van der Waals surface area contributed by atoms with Crippen LogP contribution in [0.15, 0.2) is 30.6 Å². The number of nitrogens with zero attached hydrogens (tertiary/aromatic N) is 4. The summed E-state index contributed by atoms with van der Waals surface area (Å²) >= 11 is 0. The predicted octanol–water partition coefficient (Wildman–Crippen LogP) is 1.37. The molecule has 1 unspecified atom stereocenters. The van der Waals surface area contributed by atoms with Crippen LogP contribution in [0.5, 0.6) is 0 Å². The maximum absolute atomic E-state index is 10.2. The molecule has 1 aliphatic heterocycles. The lowest BCUT2D eigenvalue weighted by Crippen LogP contribution is -2.29. The fourth-order valence-electron chi connectivity index (χ4n) is 2.69. The molecule has 7 nitrogen and oxygen atoms in total. The van der Waals surface area contributed by atoms with Gasteiger partial charge in [-0.1, -0.05) is 12.1 Å². The number of aliphatic hydroxyl groups is 1. The summed E-state index contributed by atoms with van der Waals surface area (Å²) in [5.74, 6) is 0.622. The van der Waals surface area contributed by atoms with Crippen molar-refractivity contribution in [1.82, 2.24) is 14.8 Å². The van der Waals surface area contributed by atoms with Gasteiger partial charge in [0, 0.05) is 18.8 Å². The maximum atomic E-state index is 10.2. The molecule has 0 bridgehead atoms. The lowest BCUT2D eigenvalue weighted by Gasteiger charge is -2.23. The summed E-state index contributed by atoms with van der Waals surface area (Å²) in [6.45, 7) is 1.96. The average molecular weight is 328 g/mol. The van der Waals surface area contributed by atoms with Crippen molar-refractivity contribution in [2.24, 2.45) is 0 Å². The van der Waals surface area contributed by atoms with E-state index in [0.29, 0.717) is 24.6 Å². The summed E-state index contributed by atoms with van der Waals surface area (Å²) in [6, 6.07) is 9.27. The van der Waals surface area contributed by atoms with Crippen molar-refractivity contribution in [3.8, 4) is 17.5 Å². The van der Waals surface area contributed by atoms with E-state index in [1.165, 1.54) is 6.33 Å². The first-order chi connectivity index (χ1) is 11.8. The van der Waals surface area contributed by atoms with Gasteiger partial charge in [-0.3, -0.25) is 0 Å². The van der Waals surface area contributed by atoms with Crippen molar-refractivity contribution in [3.05, 3.63) is 36.2 Å². The SMILES string of the molecule is N#Cc1cccc(-c2ncnn2CC(O)COC2CCOCC2)c1. The summed E-state index contributed by atoms with van der Waals surface area (Å²) in [4.78, 5) is 4.24. The van der Waals surface area contributed by atoms with Crippen LogP contribution < -0.4 is 0 Å². The number of benzene rings is 1. The standard InChI is InChI=1S/C17H20N4O3/c18-9-13-2-1-3-14(8-13)17-19-12-20-21(17)10-15(22)11-24-16-4-6-23-7-5-16/h1-3,8,12,15-16,22H,4-7,10-11H2. The number of aliphatic hydroxyl groups excluding tert-OH is 1. The second-order valence-electron chi connectivity index (χ2n) is 5.76. The molecule has 126 valence electrons. The highest BCUT2D eigenvalue weighted by atomic mass is 16.5. The molecule has 0 spiro atoms. The van der Waals surface area contributed by atoms with Crippen molar-refractivity contribution in [3.63, 3.8) is 0 Å². The van der Waals surface area contributed by atoms with Gasteiger partial charge in [-0.25, -0.2) is 9.67 Å². The van der Waals surface area contributed by atoms with Crippen LogP contribution in [0, 0.1) is 11.3 Å². The lowest BCUT2D eigenvalue weighted by molar-refractivity contribution is -0.0621. The van der Waals surface area contributed by atoms with Gasteiger partial charge in [0.1, 0.15) is 6.33 Å². The third-order valence-corrected chi connectivity index (χ3v) is 3.94. The first-order valence-corrected chi connectivity index (χ1v) is 8.02. The van der Waals surface area contributed by atoms with Gasteiger partial charge in [-0.15, -0.1) is 0 Å². The summed E-state index contributed by atoms with van der Waals surface area (Å²) in [5.41, 5.74) is 1.36. The number of rotatable bonds is 6. The van der Waals surface area contributed by atoms with Gasteiger partial charge >= 0.3 is 0 Å². The van der Waals surface area contributed by atoms with Gasteiger partial charge < -0.3 is 14.6 Å². The van der Waals surface area contributed by atoms with Crippen molar-refractivity contribution in [1.29, 1.82) is 5.26 Å². The Morgan fingerprint density at radius 1 is 1.42 bits per heavy atom. The zero-order valence-corrected chi connectivity index (χ0v) is 13.3. The van der Waals surface area contributed by atoms with E-state index in [2.05, 4.69) is 16.2 Å². The zero-order valence-electron chi connectivity index (χ0n) is 13.3. The van der Waals surface area contributed by atoms with Crippen molar-refractivity contribution in [2.45, 2.75) is 31.6 Å². The molecule has 7 heteroatoms. The smallest absolute Gasteiger partial charge is 0.158 e. The third kappa shape index (κ3) is 4.17. The minimum absolute atomic E-state index is 0.149. The number of aromatic nitrogens is 3. The van der Waals surface area contributed by atoms with Crippen LogP contribution >= 0.6 is 0 Å². The third-order valence-electron chi connectivity index (χ3n) is 3.94. The van der Waals surface area contributed by atoms with Crippen molar-refractivity contribution in [2.75, 3.05) is 19.8 Å². The molecule has 1 N–H and O–H groups in total. The largest absolute Gasteiger partial charge is 0.389 e. The normalized spacial score (nSPS) is 16.7. The van der Waals surface area contributed by atoms with Crippen LogP contribution in [0.3, 0.4) is 0 Å². The molecule has 1 aromatic heterocycles. The zero-order chi connectivity index (χ0) is 16.8. The monoisotopic (exact) mass is 328 g/mol. The van der Waals surface area contributed by atoms with Crippen molar-refractivity contribution < 1.29 is 14.6 Å². The van der Waals surface area contributed by atoms with E-state index in [1.807, 2.05) is 6.07 Å². The van der Waals surface area contributed by atoms with Gasteiger partial charge in [0.2, 0.25) is 0 Å². The molecule has 1 fully saturated rings. The molecule has 1 atom stereocenters. The van der Waals surface area contributed by atoms with Gasteiger partial charge in [0.25, 0.3) is 0 Å². The fourth-order valence-corrected chi connectivity index (χ4v) is 2.69. The van der Waals surface area contributed by atoms with Crippen LogP contribution in [0.4, 0.5) is 0 Å². The Hall–Kier alpha value is -2.27. The average Bonchev–Trinajstić information content (AvgIpc) is 3.09. The minimum atomic E-state index is -0.674. The van der Waals surface area contributed by atoms with Crippen LogP contribution in [0.1, 0.15) is 18.4 Å². The Morgan fingerprint density at radius 3 is 3.04 bits per heavy atom. The van der Waals surface area contributed by atoms with Gasteiger partial charge in [-0.2, -0.15) is 10.4 Å². The molecule has 2 aromatic rings. The van der Waals surface area contributed by atoms with Crippen LogP contribution in [0.25, 0.3) is 11.4 Å². The first-order valence-electron chi connectivity index (χ1n) is 8.02. The first kappa shape index (κ1) is 16.6. The Morgan fingerprint density at radius 2 is 2.25 bits per heavy atom. The summed E-state index contributed by atoms with van der Waals surface area (Å²) < 4.78 is 12.7. The fraction of sp³-hybridized carbons (Fsp3) is 0.471. The molecule has 0 radical (unpaired) electrons. The van der Waals surface area contributed by atoms with E-state index >= 15 is 0 Å². The number of hydrogen-bond donors (Lipinski definition) is 1. The Bertz CT molecular complexity index is 704. The molecule has 0 aliphatic carbocycles. The molecule has 0 saturated carbocycles. The molecule has 1 aliphatic rings. The Balaban J connectivity index is 1.61. The van der Waals surface area contributed by atoms with Gasteiger partial charge in [-0.05, 0) is 25.0 Å². The topological polar surface area (TPSA) is 93.2 Å². The highest BCUT2D eigenvalue weighted by Crippen LogP contribution is 2.18. The van der Waals surface area contributed by atoms with E-state index < -0.39 is 6.10 Å². The summed E-state index contributed by atoms with van der Waals surface area (Å²) in [7, 11) is 0. The van der Waals surface area contributed by atoms with E-state index in [-0.39, 0.29) is 19.3 Å². The second kappa shape index (κ2) is 8.02. The highest BCUT2D eigenvalue weighted by molar-refractivity contribution is 5.57. The maximum Gasteiger partial charge on any atom is 0.158 e. The molecule has 2 heterocycles. The molecule has 0 amide bonds. The van der Waals surface area contributed by atoms with Gasteiger partial charge in [0.15, 0.2) is 5.82 Å². The Kier molecular flexibility index (Phi) is 5.54. The van der Waals surface area contributed by atoms with Crippen LogP contribution in [-0.2, 0) is 16.0 Å². The van der Waals surface area contributed by atoms with E-state index in [0.717, 1.165) is 18.4 Å².